The summed E-state index contributed by atoms with van der Waals surface area (Å²) in [5, 5.41) is 5.47. The molecule has 2 aliphatic rings. The van der Waals surface area contributed by atoms with Crippen LogP contribution in [-0.2, 0) is 9.53 Å². The monoisotopic (exact) mass is 335 g/mol. The van der Waals surface area contributed by atoms with E-state index in [2.05, 4.69) is 10.6 Å². The number of piperidine rings is 1. The Kier molecular flexibility index (Phi) is 5.30. The summed E-state index contributed by atoms with van der Waals surface area (Å²) in [5.41, 5.74) is 0.520. The van der Waals surface area contributed by atoms with Gasteiger partial charge in [0.2, 0.25) is 5.91 Å². The number of anilines is 1. The molecular weight excluding hydrogens is 313 g/mol. The lowest BCUT2D eigenvalue weighted by atomic mass is 10.0. The maximum Gasteiger partial charge on any atom is 0.315 e. The van der Waals surface area contributed by atoms with Crippen molar-refractivity contribution in [2.75, 3.05) is 24.6 Å². The number of ether oxygens (including phenoxy) is 1. The van der Waals surface area contributed by atoms with Crippen LogP contribution in [0.3, 0.4) is 0 Å². The molecule has 3 amide bonds. The van der Waals surface area contributed by atoms with Gasteiger partial charge in [0.15, 0.2) is 0 Å². The van der Waals surface area contributed by atoms with Crippen molar-refractivity contribution < 1.29 is 18.7 Å². The van der Waals surface area contributed by atoms with Gasteiger partial charge in [-0.2, -0.15) is 0 Å². The molecule has 7 heteroatoms. The Hall–Kier alpha value is -2.15. The fourth-order valence-electron chi connectivity index (χ4n) is 3.13. The molecule has 1 aromatic carbocycles. The van der Waals surface area contributed by atoms with Crippen molar-refractivity contribution in [3.8, 4) is 0 Å². The van der Waals surface area contributed by atoms with Crippen molar-refractivity contribution in [1.82, 2.24) is 10.6 Å². The minimum absolute atomic E-state index is 0.0570. The number of halogens is 1. The first-order valence-corrected chi connectivity index (χ1v) is 8.36. The number of rotatable bonds is 4. The summed E-state index contributed by atoms with van der Waals surface area (Å²) in [6, 6.07) is 4.98. The second-order valence-electron chi connectivity index (χ2n) is 6.15. The van der Waals surface area contributed by atoms with Crippen LogP contribution < -0.4 is 15.5 Å². The Balaban J connectivity index is 1.55. The summed E-state index contributed by atoms with van der Waals surface area (Å²) in [5.74, 6) is -0.594. The molecule has 130 valence electrons. The van der Waals surface area contributed by atoms with Gasteiger partial charge in [0.1, 0.15) is 11.9 Å². The van der Waals surface area contributed by atoms with Gasteiger partial charge in [0, 0.05) is 25.4 Å². The minimum atomic E-state index is -0.591. The molecule has 2 atom stereocenters. The van der Waals surface area contributed by atoms with Gasteiger partial charge in [0.25, 0.3) is 0 Å². The van der Waals surface area contributed by atoms with Crippen molar-refractivity contribution in [3.63, 3.8) is 0 Å². The zero-order chi connectivity index (χ0) is 16.9. The van der Waals surface area contributed by atoms with Crippen molar-refractivity contribution in [2.24, 2.45) is 0 Å². The Morgan fingerprint density at radius 2 is 2.21 bits per heavy atom. The molecule has 1 aromatic rings. The molecule has 2 fully saturated rings. The first kappa shape index (κ1) is 16.7. The summed E-state index contributed by atoms with van der Waals surface area (Å²) in [7, 11) is 0. The molecule has 0 spiro atoms. The number of amides is 3. The lowest BCUT2D eigenvalue weighted by molar-refractivity contribution is -0.121. The van der Waals surface area contributed by atoms with Crippen LogP contribution in [0.1, 0.15) is 25.7 Å². The molecule has 0 aromatic heterocycles. The lowest BCUT2D eigenvalue weighted by Crippen LogP contribution is -2.55. The Labute approximate surface area is 140 Å². The third-order valence-corrected chi connectivity index (χ3v) is 4.38. The predicted molar refractivity (Wildman–Crippen MR) is 87.3 cm³/mol. The summed E-state index contributed by atoms with van der Waals surface area (Å²) < 4.78 is 18.8. The SMILES string of the molecule is O=C(NC[C@@H]1CCCO1)N[C@@H]1CCCN(c2cccc(F)c2)C1=O. The first-order valence-electron chi connectivity index (χ1n) is 8.36. The number of benzene rings is 1. The highest BCUT2D eigenvalue weighted by Crippen LogP contribution is 2.21. The second-order valence-corrected chi connectivity index (χ2v) is 6.15. The van der Waals surface area contributed by atoms with E-state index in [9.17, 15) is 14.0 Å². The summed E-state index contributed by atoms with van der Waals surface area (Å²) >= 11 is 0. The molecule has 6 nitrogen and oxygen atoms in total. The average Bonchev–Trinajstić information content (AvgIpc) is 3.08. The fraction of sp³-hybridized carbons (Fsp3) is 0.529. The molecule has 0 aliphatic carbocycles. The summed E-state index contributed by atoms with van der Waals surface area (Å²) in [6.45, 7) is 1.70. The number of hydrogen-bond donors (Lipinski definition) is 2. The summed E-state index contributed by atoms with van der Waals surface area (Å²) in [6.07, 6.45) is 3.34. The van der Waals surface area contributed by atoms with Crippen LogP contribution in [0.5, 0.6) is 0 Å². The molecule has 2 saturated heterocycles. The van der Waals surface area contributed by atoms with Crippen LogP contribution in [0.2, 0.25) is 0 Å². The highest BCUT2D eigenvalue weighted by atomic mass is 19.1. The van der Waals surface area contributed by atoms with E-state index in [1.54, 1.807) is 12.1 Å². The molecular formula is C17H22FN3O3. The topological polar surface area (TPSA) is 70.7 Å². The average molecular weight is 335 g/mol. The summed E-state index contributed by atoms with van der Waals surface area (Å²) in [4.78, 5) is 26.1. The van der Waals surface area contributed by atoms with Gasteiger partial charge in [-0.05, 0) is 43.9 Å². The third-order valence-electron chi connectivity index (χ3n) is 4.38. The normalized spacial score (nSPS) is 24.0. The highest BCUT2D eigenvalue weighted by Gasteiger charge is 2.31. The maximum absolute atomic E-state index is 13.4. The van der Waals surface area contributed by atoms with E-state index in [0.29, 0.717) is 25.2 Å². The van der Waals surface area contributed by atoms with Crippen LogP contribution >= 0.6 is 0 Å². The van der Waals surface area contributed by atoms with E-state index in [-0.39, 0.29) is 23.9 Å². The smallest absolute Gasteiger partial charge is 0.315 e. The highest BCUT2D eigenvalue weighted by molar-refractivity contribution is 5.99. The van der Waals surface area contributed by atoms with Gasteiger partial charge in [-0.3, -0.25) is 4.79 Å². The molecule has 0 bridgehead atoms. The number of carbonyl (C=O) groups excluding carboxylic acids is 2. The van der Waals surface area contributed by atoms with E-state index in [1.807, 2.05) is 0 Å². The molecule has 3 rings (SSSR count). The Bertz CT molecular complexity index is 604. The van der Waals surface area contributed by atoms with E-state index >= 15 is 0 Å². The lowest BCUT2D eigenvalue weighted by Gasteiger charge is -2.32. The largest absolute Gasteiger partial charge is 0.376 e. The molecule has 0 saturated carbocycles. The molecule has 2 heterocycles. The molecule has 0 unspecified atom stereocenters. The maximum atomic E-state index is 13.4. The third kappa shape index (κ3) is 4.03. The number of nitrogens with zero attached hydrogens (tertiary/aromatic N) is 1. The van der Waals surface area contributed by atoms with E-state index in [4.69, 9.17) is 4.74 Å². The van der Waals surface area contributed by atoms with Crippen molar-refractivity contribution >= 4 is 17.6 Å². The van der Waals surface area contributed by atoms with Crippen molar-refractivity contribution in [3.05, 3.63) is 30.1 Å². The zero-order valence-electron chi connectivity index (χ0n) is 13.5. The van der Waals surface area contributed by atoms with Crippen LogP contribution in [0, 0.1) is 5.82 Å². The Morgan fingerprint density at radius 3 is 2.96 bits per heavy atom. The number of urea groups is 1. The minimum Gasteiger partial charge on any atom is -0.376 e. The van der Waals surface area contributed by atoms with Crippen molar-refractivity contribution in [2.45, 2.75) is 37.8 Å². The van der Waals surface area contributed by atoms with Gasteiger partial charge >= 0.3 is 6.03 Å². The predicted octanol–water partition coefficient (Wildman–Crippen LogP) is 1.80. The molecule has 2 aliphatic heterocycles. The second kappa shape index (κ2) is 7.61. The van der Waals surface area contributed by atoms with E-state index in [1.165, 1.54) is 17.0 Å². The Morgan fingerprint density at radius 1 is 1.33 bits per heavy atom. The van der Waals surface area contributed by atoms with Crippen LogP contribution in [0.4, 0.5) is 14.9 Å². The van der Waals surface area contributed by atoms with Crippen LogP contribution in [0.15, 0.2) is 24.3 Å². The quantitative estimate of drug-likeness (QED) is 0.881. The standard InChI is InChI=1S/C17H22FN3O3/c18-12-4-1-5-13(10-12)21-8-2-7-15(16(21)22)20-17(23)19-11-14-6-3-9-24-14/h1,4-5,10,14-15H,2-3,6-9,11H2,(H2,19,20,23)/t14-,15+/m0/s1. The van der Waals surface area contributed by atoms with E-state index < -0.39 is 6.04 Å². The fourth-order valence-corrected chi connectivity index (χ4v) is 3.13. The number of hydrogen-bond acceptors (Lipinski definition) is 3. The van der Waals surface area contributed by atoms with Gasteiger partial charge in [0.05, 0.1) is 6.10 Å². The zero-order valence-corrected chi connectivity index (χ0v) is 13.5. The first-order chi connectivity index (χ1) is 11.6. The van der Waals surface area contributed by atoms with Gasteiger partial charge in [-0.25, -0.2) is 9.18 Å². The van der Waals surface area contributed by atoms with Crippen LogP contribution in [-0.4, -0.2) is 43.8 Å². The van der Waals surface area contributed by atoms with Gasteiger partial charge in [-0.1, -0.05) is 6.07 Å². The van der Waals surface area contributed by atoms with Gasteiger partial charge < -0.3 is 20.3 Å². The van der Waals surface area contributed by atoms with Crippen LogP contribution in [0.25, 0.3) is 0 Å². The molecule has 2 N–H and O–H groups in total. The van der Waals surface area contributed by atoms with E-state index in [0.717, 1.165) is 25.9 Å². The molecule has 0 radical (unpaired) electrons. The van der Waals surface area contributed by atoms with Gasteiger partial charge in [-0.15, -0.1) is 0 Å². The molecule has 24 heavy (non-hydrogen) atoms. The number of carbonyl (C=O) groups is 2. The van der Waals surface area contributed by atoms with Crippen molar-refractivity contribution in [1.29, 1.82) is 0 Å². The number of nitrogens with one attached hydrogen (secondary N) is 2.